The standard InChI is InChI=1S/C25H28N2O2.ClH/c1-26(16-15-20-11-13-22(28-2)14-12-20)17-18-27-23-8-4-3-7-21(23)19-29-25-10-6-5-9-24(25)27;/h3-14H,15-19H2,1-2H3;1H. The van der Waals surface area contributed by atoms with E-state index in [1.807, 2.05) is 18.2 Å². The molecule has 0 N–H and O–H groups in total. The molecule has 158 valence electrons. The van der Waals surface area contributed by atoms with E-state index in [1.165, 1.54) is 16.8 Å². The zero-order valence-electron chi connectivity index (χ0n) is 17.6. The van der Waals surface area contributed by atoms with E-state index in [0.717, 1.165) is 43.2 Å². The van der Waals surface area contributed by atoms with Crippen molar-refractivity contribution in [2.75, 3.05) is 38.7 Å². The SMILES string of the molecule is COc1ccc(CCN(C)CCN2c3ccccc3COc3ccccc32)cc1.Cl. The maximum Gasteiger partial charge on any atom is 0.143 e. The summed E-state index contributed by atoms with van der Waals surface area (Å²) in [5.74, 6) is 1.85. The van der Waals surface area contributed by atoms with Gasteiger partial charge in [0.25, 0.3) is 0 Å². The second-order valence-electron chi connectivity index (χ2n) is 7.44. The molecular weight excluding hydrogens is 396 g/mol. The van der Waals surface area contributed by atoms with Crippen LogP contribution in [0.4, 0.5) is 11.4 Å². The Kier molecular flexibility index (Phi) is 7.61. The van der Waals surface area contributed by atoms with Crippen molar-refractivity contribution in [3.8, 4) is 11.5 Å². The topological polar surface area (TPSA) is 24.9 Å². The Bertz CT molecular complexity index is 898. The molecule has 1 aliphatic rings. The van der Waals surface area contributed by atoms with Crippen LogP contribution in [0.15, 0.2) is 72.8 Å². The van der Waals surface area contributed by atoms with Crippen molar-refractivity contribution in [1.82, 2.24) is 4.90 Å². The molecule has 1 heterocycles. The Balaban J connectivity index is 0.00000256. The van der Waals surface area contributed by atoms with E-state index in [-0.39, 0.29) is 12.4 Å². The summed E-state index contributed by atoms with van der Waals surface area (Å²) >= 11 is 0. The molecule has 0 saturated heterocycles. The minimum absolute atomic E-state index is 0. The second kappa shape index (κ2) is 10.4. The summed E-state index contributed by atoms with van der Waals surface area (Å²) in [5, 5.41) is 0. The minimum atomic E-state index is 0. The number of halogens is 1. The maximum atomic E-state index is 6.07. The number of hydrogen-bond acceptors (Lipinski definition) is 4. The normalized spacial score (nSPS) is 12.3. The van der Waals surface area contributed by atoms with Crippen molar-refractivity contribution in [1.29, 1.82) is 0 Å². The molecular formula is C25H29ClN2O2. The third-order valence-electron chi connectivity index (χ3n) is 5.47. The number of hydrogen-bond donors (Lipinski definition) is 0. The molecule has 0 spiro atoms. The number of methoxy groups -OCH3 is 1. The van der Waals surface area contributed by atoms with E-state index in [2.05, 4.69) is 71.4 Å². The van der Waals surface area contributed by atoms with Gasteiger partial charge in [0.15, 0.2) is 0 Å². The summed E-state index contributed by atoms with van der Waals surface area (Å²) in [5.41, 5.74) is 4.93. The van der Waals surface area contributed by atoms with Gasteiger partial charge in [0, 0.05) is 30.9 Å². The fraction of sp³-hybridized carbons (Fsp3) is 0.280. The van der Waals surface area contributed by atoms with Crippen molar-refractivity contribution in [3.63, 3.8) is 0 Å². The molecule has 0 fully saturated rings. The number of fused-ring (bicyclic) bond motifs is 2. The number of para-hydroxylation sites is 3. The molecule has 0 aliphatic carbocycles. The lowest BCUT2D eigenvalue weighted by molar-refractivity contribution is 0.310. The van der Waals surface area contributed by atoms with Crippen molar-refractivity contribution in [2.45, 2.75) is 13.0 Å². The van der Waals surface area contributed by atoms with Gasteiger partial charge < -0.3 is 19.3 Å². The molecule has 0 atom stereocenters. The quantitative estimate of drug-likeness (QED) is 0.512. The zero-order chi connectivity index (χ0) is 20.1. The van der Waals surface area contributed by atoms with Crippen LogP contribution in [0.1, 0.15) is 11.1 Å². The summed E-state index contributed by atoms with van der Waals surface area (Å²) in [6.07, 6.45) is 1.02. The van der Waals surface area contributed by atoms with Gasteiger partial charge in [-0.1, -0.05) is 42.5 Å². The molecule has 0 amide bonds. The molecule has 0 aromatic heterocycles. The van der Waals surface area contributed by atoms with Gasteiger partial charge >= 0.3 is 0 Å². The Labute approximate surface area is 185 Å². The Morgan fingerprint density at radius 3 is 2.37 bits per heavy atom. The highest BCUT2D eigenvalue weighted by molar-refractivity contribution is 5.85. The van der Waals surface area contributed by atoms with E-state index in [9.17, 15) is 0 Å². The zero-order valence-corrected chi connectivity index (χ0v) is 18.4. The van der Waals surface area contributed by atoms with Crippen LogP contribution >= 0.6 is 12.4 Å². The largest absolute Gasteiger partial charge is 0.497 e. The number of rotatable bonds is 7. The molecule has 0 radical (unpaired) electrons. The van der Waals surface area contributed by atoms with E-state index in [1.54, 1.807) is 7.11 Å². The van der Waals surface area contributed by atoms with Crippen LogP contribution in [-0.4, -0.2) is 38.7 Å². The first kappa shape index (κ1) is 22.0. The predicted octanol–water partition coefficient (Wildman–Crippen LogP) is 5.32. The van der Waals surface area contributed by atoms with Gasteiger partial charge in [0.1, 0.15) is 18.1 Å². The third-order valence-corrected chi connectivity index (χ3v) is 5.47. The number of likely N-dealkylation sites (N-methyl/N-ethyl adjacent to an activating group) is 1. The van der Waals surface area contributed by atoms with Gasteiger partial charge in [0.2, 0.25) is 0 Å². The van der Waals surface area contributed by atoms with Crippen LogP contribution in [0.25, 0.3) is 0 Å². The first-order valence-corrected chi connectivity index (χ1v) is 10.1. The smallest absolute Gasteiger partial charge is 0.143 e. The lowest BCUT2D eigenvalue weighted by atomic mass is 10.1. The van der Waals surface area contributed by atoms with E-state index >= 15 is 0 Å². The molecule has 3 aromatic rings. The summed E-state index contributed by atoms with van der Waals surface area (Å²) in [4.78, 5) is 4.78. The van der Waals surface area contributed by atoms with Crippen molar-refractivity contribution >= 4 is 23.8 Å². The maximum absolute atomic E-state index is 6.07. The minimum Gasteiger partial charge on any atom is -0.497 e. The molecule has 30 heavy (non-hydrogen) atoms. The fourth-order valence-corrected chi connectivity index (χ4v) is 3.72. The Hall–Kier alpha value is -2.69. The fourth-order valence-electron chi connectivity index (χ4n) is 3.72. The molecule has 5 heteroatoms. The van der Waals surface area contributed by atoms with Gasteiger partial charge in [0.05, 0.1) is 12.8 Å². The highest BCUT2D eigenvalue weighted by Crippen LogP contribution is 2.38. The molecule has 0 saturated carbocycles. The average Bonchev–Trinajstić information content (AvgIpc) is 2.93. The molecule has 4 nitrogen and oxygen atoms in total. The molecule has 4 rings (SSSR count). The molecule has 3 aromatic carbocycles. The lowest BCUT2D eigenvalue weighted by Crippen LogP contribution is -2.32. The lowest BCUT2D eigenvalue weighted by Gasteiger charge is -2.28. The summed E-state index contributed by atoms with van der Waals surface area (Å²) in [6, 6.07) is 25.2. The Morgan fingerprint density at radius 1 is 0.900 bits per heavy atom. The highest BCUT2D eigenvalue weighted by atomic mass is 35.5. The van der Waals surface area contributed by atoms with Gasteiger partial charge in [-0.25, -0.2) is 0 Å². The Morgan fingerprint density at radius 2 is 1.60 bits per heavy atom. The van der Waals surface area contributed by atoms with E-state index < -0.39 is 0 Å². The molecule has 0 unspecified atom stereocenters. The number of benzene rings is 3. The van der Waals surface area contributed by atoms with E-state index in [4.69, 9.17) is 9.47 Å². The van der Waals surface area contributed by atoms with Gasteiger partial charge in [-0.3, -0.25) is 0 Å². The van der Waals surface area contributed by atoms with Crippen molar-refractivity contribution in [2.24, 2.45) is 0 Å². The second-order valence-corrected chi connectivity index (χ2v) is 7.44. The molecule has 1 aliphatic heterocycles. The van der Waals surface area contributed by atoms with Gasteiger partial charge in [-0.15, -0.1) is 12.4 Å². The number of nitrogens with zero attached hydrogens (tertiary/aromatic N) is 2. The van der Waals surface area contributed by atoms with Crippen molar-refractivity contribution in [3.05, 3.63) is 83.9 Å². The van der Waals surface area contributed by atoms with Crippen LogP contribution in [-0.2, 0) is 13.0 Å². The molecule has 0 bridgehead atoms. The van der Waals surface area contributed by atoms with Crippen LogP contribution in [0.3, 0.4) is 0 Å². The summed E-state index contributed by atoms with van der Waals surface area (Å²) in [7, 11) is 3.89. The van der Waals surface area contributed by atoms with Gasteiger partial charge in [-0.05, 0) is 49.4 Å². The first-order chi connectivity index (χ1) is 14.2. The third kappa shape index (κ3) is 5.07. The van der Waals surface area contributed by atoms with Crippen LogP contribution in [0, 0.1) is 0 Å². The summed E-state index contributed by atoms with van der Waals surface area (Å²) in [6.45, 7) is 3.51. The number of anilines is 2. The number of ether oxygens (including phenoxy) is 2. The highest BCUT2D eigenvalue weighted by Gasteiger charge is 2.21. The first-order valence-electron chi connectivity index (χ1n) is 10.1. The van der Waals surface area contributed by atoms with Crippen LogP contribution in [0.5, 0.6) is 11.5 Å². The monoisotopic (exact) mass is 424 g/mol. The van der Waals surface area contributed by atoms with Gasteiger partial charge in [-0.2, -0.15) is 0 Å². The van der Waals surface area contributed by atoms with E-state index in [0.29, 0.717) is 6.61 Å². The average molecular weight is 425 g/mol. The van der Waals surface area contributed by atoms with Crippen LogP contribution in [0.2, 0.25) is 0 Å². The predicted molar refractivity (Wildman–Crippen MR) is 126 cm³/mol. The summed E-state index contributed by atoms with van der Waals surface area (Å²) < 4.78 is 11.3. The van der Waals surface area contributed by atoms with Crippen LogP contribution < -0.4 is 14.4 Å². The van der Waals surface area contributed by atoms with Crippen molar-refractivity contribution < 1.29 is 9.47 Å².